The molecule has 2 rings (SSSR count). The quantitative estimate of drug-likeness (QED) is 0.858. The Morgan fingerprint density at radius 1 is 1.37 bits per heavy atom. The summed E-state index contributed by atoms with van der Waals surface area (Å²) in [6.45, 7) is 5.33. The van der Waals surface area contributed by atoms with Crippen LogP contribution in [0, 0.1) is 0 Å². The largest absolute Gasteiger partial charge is 0.371 e. The first-order chi connectivity index (χ1) is 9.13. The van der Waals surface area contributed by atoms with Crippen molar-refractivity contribution in [3.8, 4) is 0 Å². The highest BCUT2D eigenvalue weighted by Crippen LogP contribution is 2.24. The van der Waals surface area contributed by atoms with Crippen molar-refractivity contribution in [2.75, 3.05) is 12.8 Å². The molecule has 19 heavy (non-hydrogen) atoms. The number of benzene rings is 1. The Hall–Kier alpha value is -1.00. The second-order valence-corrected chi connectivity index (χ2v) is 6.32. The van der Waals surface area contributed by atoms with Gasteiger partial charge in [-0.2, -0.15) is 0 Å². The average molecular weight is 292 g/mol. The fourth-order valence-electron chi connectivity index (χ4n) is 2.28. The molecule has 0 aliphatic carbocycles. The molecule has 0 amide bonds. The van der Waals surface area contributed by atoms with Gasteiger partial charge in [0.25, 0.3) is 0 Å². The second kappa shape index (κ2) is 6.44. The van der Waals surface area contributed by atoms with Crippen molar-refractivity contribution in [3.05, 3.63) is 36.0 Å². The van der Waals surface area contributed by atoms with Crippen molar-refractivity contribution in [2.24, 2.45) is 0 Å². The van der Waals surface area contributed by atoms with E-state index in [-0.39, 0.29) is 0 Å². The number of hydrogen-bond donors (Lipinski definition) is 1. The third-order valence-electron chi connectivity index (χ3n) is 3.23. The lowest BCUT2D eigenvalue weighted by atomic mass is 10.1. The second-order valence-electron chi connectivity index (χ2n) is 4.84. The van der Waals surface area contributed by atoms with Crippen LogP contribution in [-0.4, -0.2) is 21.7 Å². The van der Waals surface area contributed by atoms with E-state index in [0.29, 0.717) is 6.04 Å². The topological polar surface area (TPSA) is 17.0 Å². The van der Waals surface area contributed by atoms with E-state index in [9.17, 15) is 0 Å². The van der Waals surface area contributed by atoms with Gasteiger partial charge in [0, 0.05) is 29.7 Å². The molecule has 0 saturated carbocycles. The summed E-state index contributed by atoms with van der Waals surface area (Å²) in [7, 11) is 0. The summed E-state index contributed by atoms with van der Waals surface area (Å²) in [6.07, 6.45) is 5.28. The molecule has 1 aromatic carbocycles. The van der Waals surface area contributed by atoms with Crippen molar-refractivity contribution < 1.29 is 0 Å². The predicted molar refractivity (Wildman–Crippen MR) is 90.1 cm³/mol. The minimum atomic E-state index is 0.485. The number of rotatable bonds is 4. The molecule has 0 bridgehead atoms. The SMILES string of the molecule is CSC(=S)NCCc1cn(C(C)C)c2ccccc12. The normalized spacial score (nSPS) is 11.2. The Morgan fingerprint density at radius 2 is 2.11 bits per heavy atom. The molecule has 0 spiro atoms. The minimum Gasteiger partial charge on any atom is -0.371 e. The lowest BCUT2D eigenvalue weighted by Gasteiger charge is -2.08. The van der Waals surface area contributed by atoms with Gasteiger partial charge < -0.3 is 9.88 Å². The zero-order valence-electron chi connectivity index (χ0n) is 11.6. The number of fused-ring (bicyclic) bond motifs is 1. The predicted octanol–water partition coefficient (Wildman–Crippen LogP) is 4.00. The molecule has 2 aromatic rings. The van der Waals surface area contributed by atoms with Crippen LogP contribution in [0.1, 0.15) is 25.5 Å². The number of aromatic nitrogens is 1. The van der Waals surface area contributed by atoms with Crippen LogP contribution in [0.3, 0.4) is 0 Å². The molecule has 0 aliphatic heterocycles. The summed E-state index contributed by atoms with van der Waals surface area (Å²) in [4.78, 5) is 0. The number of thiocarbonyl (C=S) groups is 1. The summed E-state index contributed by atoms with van der Waals surface area (Å²) in [6, 6.07) is 9.09. The lowest BCUT2D eigenvalue weighted by molar-refractivity contribution is 0.620. The Bertz CT molecular complexity index is 573. The molecule has 0 unspecified atom stereocenters. The van der Waals surface area contributed by atoms with Crippen LogP contribution in [-0.2, 0) is 6.42 Å². The van der Waals surface area contributed by atoms with Gasteiger partial charge in [-0.25, -0.2) is 0 Å². The van der Waals surface area contributed by atoms with E-state index in [4.69, 9.17) is 12.2 Å². The Balaban J connectivity index is 2.21. The van der Waals surface area contributed by atoms with E-state index in [1.165, 1.54) is 16.5 Å². The monoisotopic (exact) mass is 292 g/mol. The molecule has 0 saturated heterocycles. The third-order valence-corrected chi connectivity index (χ3v) is 4.39. The molecule has 0 fully saturated rings. The van der Waals surface area contributed by atoms with Crippen LogP contribution in [0.4, 0.5) is 0 Å². The maximum absolute atomic E-state index is 5.16. The third kappa shape index (κ3) is 3.31. The number of para-hydroxylation sites is 1. The molecule has 1 heterocycles. The summed E-state index contributed by atoms with van der Waals surface area (Å²) in [5.74, 6) is 0. The number of hydrogen-bond acceptors (Lipinski definition) is 2. The van der Waals surface area contributed by atoms with Crippen LogP contribution in [0.2, 0.25) is 0 Å². The van der Waals surface area contributed by atoms with Crippen molar-refractivity contribution in [1.29, 1.82) is 0 Å². The van der Waals surface area contributed by atoms with Gasteiger partial charge in [0.1, 0.15) is 4.32 Å². The first kappa shape index (κ1) is 14.4. The molecule has 0 aliphatic rings. The molecule has 4 heteroatoms. The Kier molecular flexibility index (Phi) is 4.88. The molecular weight excluding hydrogens is 272 g/mol. The number of nitrogens with zero attached hydrogens (tertiary/aromatic N) is 1. The van der Waals surface area contributed by atoms with Crippen molar-refractivity contribution >= 4 is 39.2 Å². The van der Waals surface area contributed by atoms with Crippen molar-refractivity contribution in [2.45, 2.75) is 26.3 Å². The van der Waals surface area contributed by atoms with Crippen LogP contribution in [0.25, 0.3) is 10.9 Å². The van der Waals surface area contributed by atoms with E-state index < -0.39 is 0 Å². The maximum Gasteiger partial charge on any atom is 0.133 e. The van der Waals surface area contributed by atoms with Gasteiger partial charge in [-0.15, -0.1) is 11.8 Å². The van der Waals surface area contributed by atoms with E-state index in [1.807, 2.05) is 6.26 Å². The smallest absolute Gasteiger partial charge is 0.133 e. The molecule has 1 N–H and O–H groups in total. The van der Waals surface area contributed by atoms with E-state index in [2.05, 4.69) is 54.2 Å². The summed E-state index contributed by atoms with van der Waals surface area (Å²) < 4.78 is 3.21. The van der Waals surface area contributed by atoms with Gasteiger partial charge in [-0.3, -0.25) is 0 Å². The molecule has 0 atom stereocenters. The van der Waals surface area contributed by atoms with E-state index >= 15 is 0 Å². The van der Waals surface area contributed by atoms with E-state index in [0.717, 1.165) is 17.3 Å². The summed E-state index contributed by atoms with van der Waals surface area (Å²) in [5, 5.41) is 4.62. The lowest BCUT2D eigenvalue weighted by Crippen LogP contribution is -2.20. The maximum atomic E-state index is 5.16. The Morgan fingerprint density at radius 3 is 2.79 bits per heavy atom. The molecule has 2 nitrogen and oxygen atoms in total. The van der Waals surface area contributed by atoms with Gasteiger partial charge in [-0.05, 0) is 38.2 Å². The average Bonchev–Trinajstić information content (AvgIpc) is 2.78. The molecule has 1 aromatic heterocycles. The number of nitrogens with one attached hydrogen (secondary N) is 1. The molecular formula is C15H20N2S2. The van der Waals surface area contributed by atoms with Gasteiger partial charge in [0.05, 0.1) is 0 Å². The standard InChI is InChI=1S/C15H20N2S2/c1-11(2)17-10-12(8-9-16-15(18)19-3)13-6-4-5-7-14(13)17/h4-7,10-11H,8-9H2,1-3H3,(H,16,18). The van der Waals surface area contributed by atoms with Gasteiger partial charge in [-0.1, -0.05) is 30.4 Å². The van der Waals surface area contributed by atoms with Crippen molar-refractivity contribution in [3.63, 3.8) is 0 Å². The first-order valence-electron chi connectivity index (χ1n) is 6.53. The van der Waals surface area contributed by atoms with Gasteiger partial charge in [0.2, 0.25) is 0 Å². The van der Waals surface area contributed by atoms with Gasteiger partial charge >= 0.3 is 0 Å². The molecule has 102 valence electrons. The van der Waals surface area contributed by atoms with Crippen LogP contribution in [0.15, 0.2) is 30.5 Å². The van der Waals surface area contributed by atoms with E-state index in [1.54, 1.807) is 11.8 Å². The first-order valence-corrected chi connectivity index (χ1v) is 8.17. The zero-order chi connectivity index (χ0) is 13.8. The van der Waals surface area contributed by atoms with Crippen LogP contribution in [0.5, 0.6) is 0 Å². The van der Waals surface area contributed by atoms with Crippen molar-refractivity contribution in [1.82, 2.24) is 9.88 Å². The fourth-order valence-corrected chi connectivity index (χ4v) is 2.62. The minimum absolute atomic E-state index is 0.485. The van der Waals surface area contributed by atoms with Crippen LogP contribution >= 0.6 is 24.0 Å². The molecule has 0 radical (unpaired) electrons. The highest BCUT2D eigenvalue weighted by atomic mass is 32.2. The number of thioether (sulfide) groups is 1. The zero-order valence-corrected chi connectivity index (χ0v) is 13.3. The fraction of sp³-hybridized carbons (Fsp3) is 0.400. The van der Waals surface area contributed by atoms with Crippen LogP contribution < -0.4 is 5.32 Å². The highest BCUT2D eigenvalue weighted by molar-refractivity contribution is 8.22. The summed E-state index contributed by atoms with van der Waals surface area (Å²) in [5.41, 5.74) is 2.71. The van der Waals surface area contributed by atoms with Gasteiger partial charge in [0.15, 0.2) is 0 Å². The highest BCUT2D eigenvalue weighted by Gasteiger charge is 2.09. The Labute approximate surface area is 124 Å². The summed E-state index contributed by atoms with van der Waals surface area (Å²) >= 11 is 6.75.